The van der Waals surface area contributed by atoms with Crippen LogP contribution in [0.25, 0.3) is 22.2 Å². The summed E-state index contributed by atoms with van der Waals surface area (Å²) in [6, 6.07) is 7.82. The molecule has 26 heavy (non-hydrogen) atoms. The van der Waals surface area contributed by atoms with Gasteiger partial charge in [0, 0.05) is 43.5 Å². The zero-order valence-corrected chi connectivity index (χ0v) is 16.3. The first kappa shape index (κ1) is 17.3. The molecule has 6 nitrogen and oxygen atoms in total. The minimum atomic E-state index is -0.324. The maximum absolute atomic E-state index is 12.9. The number of aromatic nitrogens is 3. The Bertz CT molecular complexity index is 1100. The van der Waals surface area contributed by atoms with Crippen molar-refractivity contribution in [2.45, 2.75) is 25.5 Å². The average Bonchev–Trinajstić information content (AvgIpc) is 3.27. The van der Waals surface area contributed by atoms with Crippen molar-refractivity contribution in [3.05, 3.63) is 55.8 Å². The molecule has 0 saturated carbocycles. The quantitative estimate of drug-likeness (QED) is 0.657. The standard InChI is InChI=1S/C19H20BrN3O3/c1-21-15-11-23(10-12-6-5-9-26-12)17(13-7-3-4-8-14(13)20)16(15)18(24)22(2)19(21)25/h3-4,7-8,11-12H,5-6,9-10H2,1-2H3. The van der Waals surface area contributed by atoms with Gasteiger partial charge in [0.1, 0.15) is 0 Å². The van der Waals surface area contributed by atoms with E-state index in [9.17, 15) is 9.59 Å². The Kier molecular flexibility index (Phi) is 4.36. The Morgan fingerprint density at radius 1 is 1.19 bits per heavy atom. The van der Waals surface area contributed by atoms with Crippen LogP contribution in [0, 0.1) is 0 Å². The number of aryl methyl sites for hydroxylation is 1. The summed E-state index contributed by atoms with van der Waals surface area (Å²) in [7, 11) is 3.22. The number of halogens is 1. The molecule has 0 amide bonds. The maximum Gasteiger partial charge on any atom is 0.330 e. The van der Waals surface area contributed by atoms with Crippen LogP contribution in [0.3, 0.4) is 0 Å². The van der Waals surface area contributed by atoms with Crippen LogP contribution in [0.15, 0.2) is 44.5 Å². The number of benzene rings is 1. The highest BCUT2D eigenvalue weighted by Gasteiger charge is 2.23. The van der Waals surface area contributed by atoms with E-state index >= 15 is 0 Å². The third kappa shape index (κ3) is 2.66. The lowest BCUT2D eigenvalue weighted by Crippen LogP contribution is -2.36. The molecule has 1 aliphatic rings. The van der Waals surface area contributed by atoms with E-state index in [0.29, 0.717) is 17.4 Å². The van der Waals surface area contributed by atoms with Gasteiger partial charge in [0.05, 0.1) is 22.7 Å². The molecule has 0 radical (unpaired) electrons. The van der Waals surface area contributed by atoms with Gasteiger partial charge in [-0.25, -0.2) is 4.79 Å². The van der Waals surface area contributed by atoms with Crippen molar-refractivity contribution in [2.75, 3.05) is 6.61 Å². The van der Waals surface area contributed by atoms with Crippen molar-refractivity contribution in [2.24, 2.45) is 14.1 Å². The largest absolute Gasteiger partial charge is 0.376 e. The molecule has 0 spiro atoms. The molecule has 7 heteroatoms. The van der Waals surface area contributed by atoms with Gasteiger partial charge in [-0.2, -0.15) is 0 Å². The van der Waals surface area contributed by atoms with Gasteiger partial charge < -0.3 is 9.30 Å². The molecule has 1 aromatic carbocycles. The molecule has 1 aliphatic heterocycles. The van der Waals surface area contributed by atoms with E-state index in [0.717, 1.165) is 35.2 Å². The van der Waals surface area contributed by atoms with E-state index in [1.54, 1.807) is 7.05 Å². The van der Waals surface area contributed by atoms with Gasteiger partial charge in [-0.15, -0.1) is 0 Å². The molecular weight excluding hydrogens is 398 g/mol. The Hall–Kier alpha value is -2.12. The van der Waals surface area contributed by atoms with Crippen LogP contribution in [-0.4, -0.2) is 26.4 Å². The summed E-state index contributed by atoms with van der Waals surface area (Å²) in [4.78, 5) is 25.3. The minimum absolute atomic E-state index is 0.124. The third-order valence-corrected chi connectivity index (χ3v) is 5.76. The number of ether oxygens (including phenoxy) is 1. The zero-order chi connectivity index (χ0) is 18.4. The van der Waals surface area contributed by atoms with E-state index in [4.69, 9.17) is 4.74 Å². The summed E-state index contributed by atoms with van der Waals surface area (Å²) < 4.78 is 11.5. The van der Waals surface area contributed by atoms with Gasteiger partial charge >= 0.3 is 5.69 Å². The predicted molar refractivity (Wildman–Crippen MR) is 105 cm³/mol. The summed E-state index contributed by atoms with van der Waals surface area (Å²) >= 11 is 3.60. The monoisotopic (exact) mass is 417 g/mol. The van der Waals surface area contributed by atoms with Gasteiger partial charge in [-0.1, -0.05) is 34.1 Å². The second kappa shape index (κ2) is 6.55. The van der Waals surface area contributed by atoms with Crippen LogP contribution in [-0.2, 0) is 25.4 Å². The maximum atomic E-state index is 12.9. The summed E-state index contributed by atoms with van der Waals surface area (Å²) in [6.45, 7) is 1.43. The Labute approximate surface area is 158 Å². The van der Waals surface area contributed by atoms with Crippen LogP contribution in [0.4, 0.5) is 0 Å². The molecular formula is C19H20BrN3O3. The molecule has 1 fully saturated rings. The van der Waals surface area contributed by atoms with E-state index < -0.39 is 0 Å². The molecule has 4 rings (SSSR count). The molecule has 3 aromatic rings. The van der Waals surface area contributed by atoms with E-state index in [1.165, 1.54) is 16.2 Å². The van der Waals surface area contributed by atoms with E-state index in [2.05, 4.69) is 20.5 Å². The van der Waals surface area contributed by atoms with Crippen molar-refractivity contribution in [3.63, 3.8) is 0 Å². The normalized spacial score (nSPS) is 17.3. The lowest BCUT2D eigenvalue weighted by Gasteiger charge is -2.15. The Morgan fingerprint density at radius 3 is 2.65 bits per heavy atom. The average molecular weight is 418 g/mol. The Morgan fingerprint density at radius 2 is 1.96 bits per heavy atom. The highest BCUT2D eigenvalue weighted by Crippen LogP contribution is 2.34. The van der Waals surface area contributed by atoms with Crippen LogP contribution in [0.5, 0.6) is 0 Å². The van der Waals surface area contributed by atoms with Crippen molar-refractivity contribution in [3.8, 4) is 11.3 Å². The summed E-state index contributed by atoms with van der Waals surface area (Å²) in [5.41, 5.74) is 1.78. The number of hydrogen-bond acceptors (Lipinski definition) is 3. The summed E-state index contributed by atoms with van der Waals surface area (Å²) in [6.07, 6.45) is 4.07. The minimum Gasteiger partial charge on any atom is -0.376 e. The van der Waals surface area contributed by atoms with E-state index in [1.807, 2.05) is 30.5 Å². The van der Waals surface area contributed by atoms with Crippen molar-refractivity contribution in [1.82, 2.24) is 13.7 Å². The molecule has 3 heterocycles. The molecule has 2 aromatic heterocycles. The first-order valence-corrected chi connectivity index (χ1v) is 9.43. The fourth-order valence-electron chi connectivity index (χ4n) is 3.68. The fourth-order valence-corrected chi connectivity index (χ4v) is 4.16. The first-order chi connectivity index (χ1) is 12.5. The second-order valence-corrected chi connectivity index (χ2v) is 7.57. The van der Waals surface area contributed by atoms with Gasteiger partial charge in [0.2, 0.25) is 0 Å². The molecule has 136 valence electrons. The van der Waals surface area contributed by atoms with Gasteiger partial charge in [0.15, 0.2) is 0 Å². The molecule has 1 unspecified atom stereocenters. The fraction of sp³-hybridized carbons (Fsp3) is 0.368. The number of nitrogens with zero attached hydrogens (tertiary/aromatic N) is 3. The number of rotatable bonds is 3. The lowest BCUT2D eigenvalue weighted by molar-refractivity contribution is 0.0975. The summed E-state index contributed by atoms with van der Waals surface area (Å²) in [5.74, 6) is 0. The number of hydrogen-bond donors (Lipinski definition) is 0. The highest BCUT2D eigenvalue weighted by atomic mass is 79.9. The second-order valence-electron chi connectivity index (χ2n) is 6.71. The molecule has 1 saturated heterocycles. The molecule has 0 bridgehead atoms. The third-order valence-electron chi connectivity index (χ3n) is 5.07. The van der Waals surface area contributed by atoms with Crippen LogP contribution < -0.4 is 11.2 Å². The topological polar surface area (TPSA) is 58.2 Å². The first-order valence-electron chi connectivity index (χ1n) is 8.64. The van der Waals surface area contributed by atoms with Crippen molar-refractivity contribution >= 4 is 26.8 Å². The van der Waals surface area contributed by atoms with Crippen LogP contribution >= 0.6 is 15.9 Å². The van der Waals surface area contributed by atoms with Crippen LogP contribution in [0.2, 0.25) is 0 Å². The van der Waals surface area contributed by atoms with Gasteiger partial charge in [0.25, 0.3) is 5.56 Å². The molecule has 0 aliphatic carbocycles. The highest BCUT2D eigenvalue weighted by molar-refractivity contribution is 9.10. The van der Waals surface area contributed by atoms with Crippen molar-refractivity contribution < 1.29 is 4.74 Å². The SMILES string of the molecule is Cn1c(=O)c2c(-c3ccccc3Br)n(CC3CCCO3)cc2n(C)c1=O. The lowest BCUT2D eigenvalue weighted by atomic mass is 10.1. The smallest absolute Gasteiger partial charge is 0.330 e. The molecule has 0 N–H and O–H groups in total. The number of fused-ring (bicyclic) bond motifs is 1. The van der Waals surface area contributed by atoms with Crippen LogP contribution in [0.1, 0.15) is 12.8 Å². The zero-order valence-electron chi connectivity index (χ0n) is 14.7. The van der Waals surface area contributed by atoms with E-state index in [-0.39, 0.29) is 17.4 Å². The van der Waals surface area contributed by atoms with Gasteiger partial charge in [-0.3, -0.25) is 13.9 Å². The predicted octanol–water partition coefficient (Wildman–Crippen LogP) is 2.65. The molecule has 1 atom stereocenters. The van der Waals surface area contributed by atoms with Gasteiger partial charge in [-0.05, 0) is 18.9 Å². The Balaban J connectivity index is 2.06. The van der Waals surface area contributed by atoms with Crippen molar-refractivity contribution in [1.29, 1.82) is 0 Å². The summed E-state index contributed by atoms with van der Waals surface area (Å²) in [5, 5.41) is 0.555.